The molecular formula is C77H125ClF6N12O13. The predicted molar refractivity (Wildman–Crippen MR) is 397 cm³/mol. The molecule has 12 amide bonds. The molecule has 620 valence electrons. The number of hydrogen-bond donors (Lipinski definition) is 3. The summed E-state index contributed by atoms with van der Waals surface area (Å²) in [6.07, 6.45) is -6.86. The average Bonchev–Trinajstić information content (AvgIpc) is 1.74. The molecule has 0 aromatic rings. The molecule has 2 heterocycles. The summed E-state index contributed by atoms with van der Waals surface area (Å²) in [6, 6.07) is -11.9. The molecule has 4 saturated carbocycles. The van der Waals surface area contributed by atoms with Crippen LogP contribution in [-0.2, 0) is 62.3 Å². The number of carbonyl (C=O) groups excluding carboxylic acids is 12. The zero-order valence-electron chi connectivity index (χ0n) is 67.3. The molecule has 0 aromatic heterocycles. The normalized spacial score (nSPS) is 31.8. The fourth-order valence-corrected chi connectivity index (χ4v) is 17.6. The van der Waals surface area contributed by atoms with E-state index < -0.39 is 197 Å². The molecule has 2 saturated heterocycles. The van der Waals surface area contributed by atoms with Crippen LogP contribution in [0.2, 0.25) is 0 Å². The van der Waals surface area contributed by atoms with Gasteiger partial charge in [-0.2, -0.15) is 13.2 Å². The van der Waals surface area contributed by atoms with E-state index in [2.05, 4.69) is 27.6 Å². The lowest BCUT2D eigenvalue weighted by molar-refractivity contribution is -0.345. The number of hydrogen-bond acceptors (Lipinski definition) is 13. The molecule has 14 atom stereocenters. The summed E-state index contributed by atoms with van der Waals surface area (Å²) in [5.74, 6) is -12.5. The number of likely N-dealkylation sites (N-methyl/N-ethyl adjacent to an activating group) is 8. The zero-order valence-corrected chi connectivity index (χ0v) is 68.1. The highest BCUT2D eigenvalue weighted by molar-refractivity contribution is 6.21. The summed E-state index contributed by atoms with van der Waals surface area (Å²) < 4.78 is 87.7. The summed E-state index contributed by atoms with van der Waals surface area (Å²) in [5.41, 5.74) is -1.76. The van der Waals surface area contributed by atoms with Crippen LogP contribution in [0.5, 0.6) is 0 Å². The van der Waals surface area contributed by atoms with Gasteiger partial charge in [-0.25, -0.2) is 0 Å². The molecular weight excluding hydrogens is 1450 g/mol. The van der Waals surface area contributed by atoms with Crippen molar-refractivity contribution in [3.05, 3.63) is 0 Å². The summed E-state index contributed by atoms with van der Waals surface area (Å²) in [4.78, 5) is 192. The number of carbonyl (C=O) groups is 12. The third-order valence-electron chi connectivity index (χ3n) is 24.9. The van der Waals surface area contributed by atoms with Crippen LogP contribution in [-0.4, -0.2) is 275 Å². The van der Waals surface area contributed by atoms with Crippen molar-refractivity contribution in [1.29, 1.82) is 0 Å². The van der Waals surface area contributed by atoms with Gasteiger partial charge in [-0.05, 0) is 145 Å². The molecule has 6 aliphatic rings. The molecule has 4 aliphatic carbocycles. The minimum atomic E-state index is -4.94. The molecule has 6 fully saturated rings. The number of nitrogens with zero attached hydrogens (tertiary/aromatic N) is 9. The minimum absolute atomic E-state index is 0.0334. The van der Waals surface area contributed by atoms with Crippen LogP contribution in [0.3, 0.4) is 0 Å². The van der Waals surface area contributed by atoms with Crippen LogP contribution in [0.25, 0.3) is 0 Å². The van der Waals surface area contributed by atoms with E-state index in [1.54, 1.807) is 20.8 Å². The van der Waals surface area contributed by atoms with Gasteiger partial charge in [0.1, 0.15) is 59.9 Å². The first kappa shape index (κ1) is 91.3. The predicted octanol–water partition coefficient (Wildman–Crippen LogP) is 8.12. The first-order valence-electron chi connectivity index (χ1n) is 39.5. The molecule has 6 rings (SSSR count). The van der Waals surface area contributed by atoms with Crippen molar-refractivity contribution in [3.8, 4) is 0 Å². The van der Waals surface area contributed by atoms with Crippen molar-refractivity contribution in [3.63, 3.8) is 0 Å². The molecule has 0 radical (unpaired) electrons. The third kappa shape index (κ3) is 23.3. The third-order valence-corrected chi connectivity index (χ3v) is 25.4. The van der Waals surface area contributed by atoms with Gasteiger partial charge in [-0.15, -0.1) is 24.8 Å². The highest BCUT2D eigenvalue weighted by atomic mass is 35.5. The van der Waals surface area contributed by atoms with Gasteiger partial charge in [-0.3, -0.25) is 62.3 Å². The zero-order chi connectivity index (χ0) is 81.8. The summed E-state index contributed by atoms with van der Waals surface area (Å²) in [7, 11) is 12.5. The van der Waals surface area contributed by atoms with Crippen LogP contribution in [0, 0.1) is 47.3 Å². The number of halogens is 7. The fourth-order valence-electron chi connectivity index (χ4n) is 17.0. The Balaban J connectivity index is 1.49. The Morgan fingerprint density at radius 3 is 1.69 bits per heavy atom. The van der Waals surface area contributed by atoms with E-state index in [0.717, 1.165) is 40.4 Å². The Kier molecular flexibility index (Phi) is 32.9. The topological polar surface area (TPSA) is 279 Å². The number of rotatable bonds is 15. The lowest BCUT2D eigenvalue weighted by atomic mass is 9.78. The molecule has 0 aromatic carbocycles. The van der Waals surface area contributed by atoms with Gasteiger partial charge >= 0.3 is 12.5 Å². The van der Waals surface area contributed by atoms with E-state index in [4.69, 9.17) is 11.6 Å². The van der Waals surface area contributed by atoms with Crippen LogP contribution in [0.1, 0.15) is 209 Å². The van der Waals surface area contributed by atoms with Crippen LogP contribution < -0.4 is 16.0 Å². The lowest BCUT2D eigenvalue weighted by Crippen LogP contribution is -2.65. The molecule has 109 heavy (non-hydrogen) atoms. The van der Waals surface area contributed by atoms with Crippen molar-refractivity contribution < 1.29 is 88.6 Å². The average molecular weight is 1580 g/mol. The number of amides is 12. The van der Waals surface area contributed by atoms with Crippen LogP contribution >= 0.6 is 11.6 Å². The van der Waals surface area contributed by atoms with Gasteiger partial charge in [0.05, 0.1) is 25.0 Å². The Morgan fingerprint density at radius 1 is 0.606 bits per heavy atom. The number of alkyl halides is 7. The van der Waals surface area contributed by atoms with Gasteiger partial charge < -0.3 is 60.0 Å². The maximum atomic E-state index is 15.8. The first-order valence-corrected chi connectivity index (χ1v) is 40.0. The van der Waals surface area contributed by atoms with Gasteiger partial charge in [0, 0.05) is 75.4 Å². The highest BCUT2D eigenvalue weighted by Crippen LogP contribution is 2.44. The van der Waals surface area contributed by atoms with E-state index in [9.17, 15) is 55.1 Å². The van der Waals surface area contributed by atoms with Gasteiger partial charge in [0.2, 0.25) is 70.9 Å². The molecule has 25 nitrogen and oxygen atoms in total. The quantitative estimate of drug-likeness (QED) is 0.103. The smallest absolute Gasteiger partial charge is 0.347 e. The Bertz CT molecular complexity index is 3180. The van der Waals surface area contributed by atoms with E-state index in [1.165, 1.54) is 99.8 Å². The second kappa shape index (κ2) is 39.3. The highest BCUT2D eigenvalue weighted by Gasteiger charge is 2.53. The number of ether oxygens (including phenoxy) is 1. The largest absolute Gasteiger partial charge is 0.522 e. The molecule has 3 unspecified atom stereocenters. The Labute approximate surface area is 645 Å². The van der Waals surface area contributed by atoms with Crippen LogP contribution in [0.4, 0.5) is 26.3 Å². The summed E-state index contributed by atoms with van der Waals surface area (Å²) in [5, 5.41) is 7.38. The van der Waals surface area contributed by atoms with Crippen molar-refractivity contribution in [2.24, 2.45) is 47.3 Å². The van der Waals surface area contributed by atoms with Crippen molar-refractivity contribution in [1.82, 2.24) is 60.0 Å². The molecule has 2 aliphatic heterocycles. The lowest BCUT2D eigenvalue weighted by Gasteiger charge is -2.45. The second-order valence-corrected chi connectivity index (χ2v) is 33.9. The Hall–Kier alpha value is -6.53. The van der Waals surface area contributed by atoms with Crippen molar-refractivity contribution >= 4 is 82.5 Å². The van der Waals surface area contributed by atoms with Crippen LogP contribution in [0.15, 0.2) is 0 Å². The monoisotopic (exact) mass is 1570 g/mol. The summed E-state index contributed by atoms with van der Waals surface area (Å²) >= 11 is 6.44. The second-order valence-electron chi connectivity index (χ2n) is 33.4. The van der Waals surface area contributed by atoms with Crippen molar-refractivity contribution in [2.45, 2.75) is 293 Å². The van der Waals surface area contributed by atoms with E-state index >= 15 is 28.8 Å². The van der Waals surface area contributed by atoms with Crippen molar-refractivity contribution in [2.75, 3.05) is 76.5 Å². The molecule has 1 spiro atoms. The SMILES string of the molecule is CC[C@H](C)[C@@H]1NC(=O)[C@H](CC(C)C)N(C)C(=O)C[C@@H](C(=O)N(C)C)N(C)C(=O)[C@H]([C@@H](C)CC)N(C)C(=O)C2(CCCC2)NC(=O)[C@H](CC2CCC(OC(F)(F)F)CC2)N(C)C(=O)[C@H](CCC2CCC(C(F)(F)F)C(Cl)C2)NC(=O)CN(C)C(=O)[C@H](CC2CCC(C)CC2)N(C)C(=O)[C@@H]2CCN2C(=O)[C@H](C)N(C)C1=O. The van der Waals surface area contributed by atoms with E-state index in [0.29, 0.717) is 31.6 Å². The Morgan fingerprint density at radius 2 is 1.17 bits per heavy atom. The summed E-state index contributed by atoms with van der Waals surface area (Å²) in [6.45, 7) is 13.8. The maximum absolute atomic E-state index is 15.8. The standard InChI is InChI=1S/C77H125ClF6N12O13/c1-18-46(6)63-72(106)90(12)48(8)67(101)96-37-34-56(96)71(105)93(15)59(41-50-24-22-45(5)23-25-50)70(104)89(11)43-61(97)85-55(33-29-49-28-32-53(54(78)39-49)76(79,80)81)68(102)92(14)58(40-51-26-30-52(31-27-51)109-77(82,83)84)66(100)87-75(35-20-21-36-75)74(108)95(17)64(47(7)19-2)73(107)94(16)60(69(103)88(9)10)42-62(98)91(13)57(38-44(3)4)65(99)86-63/h44-60,63-64H,18-43H2,1-17H3,(H,85,97)(H,86,99)(H,87,100)/t45?,46-,47-,48-,49?,50?,51?,52?,53?,54?,55-,56-,57-,58-,59-,60-,63-,64-/m0/s1. The van der Waals surface area contributed by atoms with Gasteiger partial charge in [-0.1, -0.05) is 99.8 Å². The fraction of sp³-hybridized carbons (Fsp3) is 0.844. The van der Waals surface area contributed by atoms with Gasteiger partial charge in [0.15, 0.2) is 0 Å². The number of fused-ring (bicyclic) bond motifs is 1. The van der Waals surface area contributed by atoms with Gasteiger partial charge in [0.25, 0.3) is 0 Å². The molecule has 32 heteroatoms. The van der Waals surface area contributed by atoms with E-state index in [1.807, 2.05) is 20.8 Å². The van der Waals surface area contributed by atoms with E-state index in [-0.39, 0.29) is 115 Å². The molecule has 0 bridgehead atoms. The maximum Gasteiger partial charge on any atom is 0.522 e. The first-order chi connectivity index (χ1) is 50.8. The molecule has 3 N–H and O–H groups in total. The minimum Gasteiger partial charge on any atom is -0.347 e. The number of nitrogens with one attached hydrogen (secondary N) is 3.